The second-order valence-corrected chi connectivity index (χ2v) is 5.25. The van der Waals surface area contributed by atoms with Crippen molar-refractivity contribution in [1.82, 2.24) is 10.9 Å². The summed E-state index contributed by atoms with van der Waals surface area (Å²) in [4.78, 5) is 0. The van der Waals surface area contributed by atoms with Crippen molar-refractivity contribution in [3.63, 3.8) is 0 Å². The van der Waals surface area contributed by atoms with Crippen LogP contribution in [-0.2, 0) is 4.74 Å². The fourth-order valence-corrected chi connectivity index (χ4v) is 2.22. The fraction of sp³-hybridized carbons (Fsp3) is 0.462. The number of hydrogen-bond acceptors (Lipinski definition) is 7. The number of hydrazine groups is 1. The van der Waals surface area contributed by atoms with Gasteiger partial charge in [-0.2, -0.15) is 0 Å². The van der Waals surface area contributed by atoms with Crippen LogP contribution in [0.2, 0.25) is 0 Å². The SMILES string of the molecule is OC[C@H]1O[C@@H](NNC(=S)Nc2ccccc2)[C@H](O)[C@@H](O)[C@H]1O. The monoisotopic (exact) mass is 329 g/mol. The molecule has 0 saturated carbocycles. The summed E-state index contributed by atoms with van der Waals surface area (Å²) >= 11 is 5.07. The van der Waals surface area contributed by atoms with E-state index in [0.717, 1.165) is 5.69 Å². The largest absolute Gasteiger partial charge is 0.394 e. The van der Waals surface area contributed by atoms with Gasteiger partial charge in [0.05, 0.1) is 6.61 Å². The number of aliphatic hydroxyl groups is 4. The Morgan fingerprint density at radius 2 is 1.77 bits per heavy atom. The molecule has 1 aliphatic rings. The van der Waals surface area contributed by atoms with E-state index in [1.54, 1.807) is 0 Å². The molecule has 0 bridgehead atoms. The number of ether oxygens (including phenoxy) is 1. The lowest BCUT2D eigenvalue weighted by Gasteiger charge is -2.40. The molecule has 8 nitrogen and oxygen atoms in total. The van der Waals surface area contributed by atoms with Gasteiger partial charge >= 0.3 is 0 Å². The summed E-state index contributed by atoms with van der Waals surface area (Å²) < 4.78 is 5.26. The van der Waals surface area contributed by atoms with Crippen molar-refractivity contribution in [3.8, 4) is 0 Å². The van der Waals surface area contributed by atoms with Gasteiger partial charge in [0.15, 0.2) is 11.3 Å². The summed E-state index contributed by atoms with van der Waals surface area (Å²) in [5.41, 5.74) is 5.99. The zero-order valence-electron chi connectivity index (χ0n) is 11.6. The number of rotatable bonds is 4. The predicted octanol–water partition coefficient (Wildman–Crippen LogP) is -1.72. The molecule has 22 heavy (non-hydrogen) atoms. The Bertz CT molecular complexity index is 490. The summed E-state index contributed by atoms with van der Waals surface area (Å²) in [6, 6.07) is 9.20. The minimum atomic E-state index is -1.44. The van der Waals surface area contributed by atoms with Gasteiger partial charge in [-0.05, 0) is 24.4 Å². The molecular formula is C13H19N3O5S. The Hall–Kier alpha value is -1.33. The second-order valence-electron chi connectivity index (χ2n) is 4.84. The van der Waals surface area contributed by atoms with Crippen LogP contribution in [0.5, 0.6) is 0 Å². The van der Waals surface area contributed by atoms with Crippen LogP contribution in [-0.4, -0.2) is 62.8 Å². The summed E-state index contributed by atoms with van der Waals surface area (Å²) in [5, 5.41) is 41.4. The van der Waals surface area contributed by atoms with Gasteiger partial charge < -0.3 is 30.5 Å². The van der Waals surface area contributed by atoms with Crippen LogP contribution >= 0.6 is 12.2 Å². The van der Waals surface area contributed by atoms with Crippen LogP contribution in [0.25, 0.3) is 0 Å². The molecule has 2 rings (SSSR count). The average molecular weight is 329 g/mol. The van der Waals surface area contributed by atoms with Crippen molar-refractivity contribution < 1.29 is 25.2 Å². The first-order chi connectivity index (χ1) is 10.5. The standard InChI is InChI=1S/C13H19N3O5S/c17-6-8-9(18)10(19)11(20)12(21-8)15-16-13(22)14-7-4-2-1-3-5-7/h1-5,8-12,15,17-20H,6H2,(H2,14,16,22)/t8-,9+,10+,11-,12-/m1/s1. The van der Waals surface area contributed by atoms with Crippen molar-refractivity contribution in [3.05, 3.63) is 30.3 Å². The molecule has 5 atom stereocenters. The van der Waals surface area contributed by atoms with E-state index >= 15 is 0 Å². The minimum Gasteiger partial charge on any atom is -0.394 e. The van der Waals surface area contributed by atoms with Gasteiger partial charge in [-0.1, -0.05) is 18.2 Å². The Morgan fingerprint density at radius 3 is 2.41 bits per heavy atom. The van der Waals surface area contributed by atoms with Crippen LogP contribution in [0.1, 0.15) is 0 Å². The number of nitrogens with one attached hydrogen (secondary N) is 3. The smallest absolute Gasteiger partial charge is 0.185 e. The number of anilines is 1. The third kappa shape index (κ3) is 4.11. The maximum atomic E-state index is 9.84. The Balaban J connectivity index is 1.86. The first-order valence-electron chi connectivity index (χ1n) is 6.71. The quantitative estimate of drug-likeness (QED) is 0.255. The maximum absolute atomic E-state index is 9.84. The normalized spacial score (nSPS) is 31.5. The first-order valence-corrected chi connectivity index (χ1v) is 7.12. The number of para-hydroxylation sites is 1. The molecule has 0 aromatic heterocycles. The van der Waals surface area contributed by atoms with Gasteiger partial charge in [0, 0.05) is 5.69 Å². The molecule has 9 heteroatoms. The second kappa shape index (κ2) is 7.79. The topological polar surface area (TPSA) is 126 Å². The van der Waals surface area contributed by atoms with Crippen LogP contribution in [0.3, 0.4) is 0 Å². The summed E-state index contributed by atoms with van der Waals surface area (Å²) in [6.45, 7) is -0.490. The van der Waals surface area contributed by atoms with Crippen molar-refractivity contribution in [1.29, 1.82) is 0 Å². The van der Waals surface area contributed by atoms with Crippen molar-refractivity contribution in [2.75, 3.05) is 11.9 Å². The van der Waals surface area contributed by atoms with Crippen molar-refractivity contribution in [2.24, 2.45) is 0 Å². The van der Waals surface area contributed by atoms with Crippen molar-refractivity contribution >= 4 is 23.0 Å². The van der Waals surface area contributed by atoms with Crippen LogP contribution in [0, 0.1) is 0 Å². The molecule has 0 spiro atoms. The molecule has 1 aliphatic heterocycles. The molecule has 122 valence electrons. The third-order valence-electron chi connectivity index (χ3n) is 3.25. The molecule has 0 radical (unpaired) electrons. The highest BCUT2D eigenvalue weighted by molar-refractivity contribution is 7.80. The Morgan fingerprint density at radius 1 is 1.09 bits per heavy atom. The summed E-state index contributed by atoms with van der Waals surface area (Å²) in [7, 11) is 0. The summed E-state index contributed by atoms with van der Waals surface area (Å²) in [6.07, 6.45) is -6.25. The first kappa shape index (κ1) is 17.0. The lowest BCUT2D eigenvalue weighted by Crippen LogP contribution is -2.65. The lowest BCUT2D eigenvalue weighted by molar-refractivity contribution is -0.238. The number of hydrogen-bond donors (Lipinski definition) is 7. The lowest BCUT2D eigenvalue weighted by atomic mass is 9.99. The molecule has 0 aliphatic carbocycles. The molecule has 7 N–H and O–H groups in total. The molecule has 1 heterocycles. The highest BCUT2D eigenvalue weighted by Gasteiger charge is 2.43. The van der Waals surface area contributed by atoms with Crippen LogP contribution < -0.4 is 16.2 Å². The van der Waals surface area contributed by atoms with E-state index in [9.17, 15) is 15.3 Å². The van der Waals surface area contributed by atoms with Gasteiger partial charge in [-0.3, -0.25) is 5.43 Å². The zero-order valence-corrected chi connectivity index (χ0v) is 12.4. The van der Waals surface area contributed by atoms with Crippen LogP contribution in [0.15, 0.2) is 30.3 Å². The van der Waals surface area contributed by atoms with Crippen LogP contribution in [0.4, 0.5) is 5.69 Å². The number of thiocarbonyl (C=S) groups is 1. The maximum Gasteiger partial charge on any atom is 0.185 e. The molecule has 0 unspecified atom stereocenters. The Kier molecular flexibility index (Phi) is 6.03. The third-order valence-corrected chi connectivity index (χ3v) is 3.46. The average Bonchev–Trinajstić information content (AvgIpc) is 2.53. The van der Waals surface area contributed by atoms with Crippen molar-refractivity contribution in [2.45, 2.75) is 30.6 Å². The molecule has 1 aromatic carbocycles. The van der Waals surface area contributed by atoms with E-state index in [1.165, 1.54) is 0 Å². The highest BCUT2D eigenvalue weighted by Crippen LogP contribution is 2.19. The molecule has 1 saturated heterocycles. The highest BCUT2D eigenvalue weighted by atomic mass is 32.1. The zero-order chi connectivity index (χ0) is 16.1. The van der Waals surface area contributed by atoms with Gasteiger partial charge in [-0.25, -0.2) is 5.43 Å². The molecule has 0 amide bonds. The molecule has 1 fully saturated rings. The van der Waals surface area contributed by atoms with E-state index in [-0.39, 0.29) is 5.11 Å². The van der Waals surface area contributed by atoms with E-state index in [1.807, 2.05) is 30.3 Å². The Labute approximate surface area is 132 Å². The predicted molar refractivity (Wildman–Crippen MR) is 82.7 cm³/mol. The van der Waals surface area contributed by atoms with E-state index in [4.69, 9.17) is 22.1 Å². The van der Waals surface area contributed by atoms with Gasteiger partial charge in [0.1, 0.15) is 24.4 Å². The summed E-state index contributed by atoms with van der Waals surface area (Å²) in [5.74, 6) is 0. The molecular weight excluding hydrogens is 310 g/mol. The molecule has 1 aromatic rings. The van der Waals surface area contributed by atoms with E-state index in [0.29, 0.717) is 0 Å². The van der Waals surface area contributed by atoms with Gasteiger partial charge in [0.2, 0.25) is 0 Å². The minimum absolute atomic E-state index is 0.225. The van der Waals surface area contributed by atoms with E-state index in [2.05, 4.69) is 16.2 Å². The number of benzene rings is 1. The fourth-order valence-electron chi connectivity index (χ4n) is 2.04. The van der Waals surface area contributed by atoms with Gasteiger partial charge in [0.25, 0.3) is 0 Å². The van der Waals surface area contributed by atoms with Gasteiger partial charge in [-0.15, -0.1) is 0 Å². The van der Waals surface area contributed by atoms with E-state index < -0.39 is 37.3 Å². The number of aliphatic hydroxyl groups excluding tert-OH is 4.